The third-order valence-electron chi connectivity index (χ3n) is 7.55. The van der Waals surface area contributed by atoms with Crippen LogP contribution in [0.1, 0.15) is 59.8 Å². The second kappa shape index (κ2) is 13.4. The Morgan fingerprint density at radius 2 is 1.93 bits per heavy atom. The molecule has 1 aliphatic carbocycles. The smallest absolute Gasteiger partial charge is 0.458 e. The number of hydrogen-bond acceptors (Lipinski definition) is 12. The van der Waals surface area contributed by atoms with E-state index < -0.39 is 35.3 Å². The molecule has 1 aromatic carbocycles. The molecule has 0 spiro atoms. The van der Waals surface area contributed by atoms with Crippen LogP contribution in [0.5, 0.6) is 0 Å². The van der Waals surface area contributed by atoms with Crippen LogP contribution >= 0.6 is 16.4 Å². The van der Waals surface area contributed by atoms with Gasteiger partial charge in [-0.15, -0.1) is 0 Å². The summed E-state index contributed by atoms with van der Waals surface area (Å²) in [4.78, 5) is 54.7. The van der Waals surface area contributed by atoms with Crippen LogP contribution in [0.15, 0.2) is 16.9 Å². The van der Waals surface area contributed by atoms with E-state index in [1.165, 1.54) is 6.07 Å². The Bertz CT molecular complexity index is 1720. The molecule has 0 radical (unpaired) electrons. The average Bonchev–Trinajstić information content (AvgIpc) is 3.37. The number of rotatable bonds is 10. The molecular formula is C27H32FN3O11P2. The summed E-state index contributed by atoms with van der Waals surface area (Å²) in [5, 5.41) is 0.939. The van der Waals surface area contributed by atoms with Crippen molar-refractivity contribution in [2.24, 2.45) is 5.90 Å². The van der Waals surface area contributed by atoms with Crippen molar-refractivity contribution < 1.29 is 51.2 Å². The number of aryl methyl sites for hydroxylation is 2. The first-order valence-corrected chi connectivity index (χ1v) is 16.5. The first-order chi connectivity index (χ1) is 21.1. The minimum Gasteiger partial charge on any atom is -0.458 e. The molecule has 2 aliphatic heterocycles. The number of benzene rings is 1. The fourth-order valence-electron chi connectivity index (χ4n) is 5.69. The highest BCUT2D eigenvalue weighted by atomic mass is 31.3. The van der Waals surface area contributed by atoms with Crippen molar-refractivity contribution in [3.63, 3.8) is 0 Å². The summed E-state index contributed by atoms with van der Waals surface area (Å²) in [5.41, 5.74) is 5.04. The lowest BCUT2D eigenvalue weighted by atomic mass is 9.85. The Morgan fingerprint density at radius 1 is 1.18 bits per heavy atom. The van der Waals surface area contributed by atoms with Crippen LogP contribution in [0.25, 0.3) is 22.3 Å². The number of phosphoric acid groups is 1. The van der Waals surface area contributed by atoms with Gasteiger partial charge >= 0.3 is 22.4 Å². The summed E-state index contributed by atoms with van der Waals surface area (Å²) in [7, 11) is -7.66. The lowest BCUT2D eigenvalue weighted by Crippen LogP contribution is -2.33. The van der Waals surface area contributed by atoms with Gasteiger partial charge in [-0.3, -0.25) is 13.8 Å². The molecule has 4 heterocycles. The molecule has 44 heavy (non-hydrogen) atoms. The number of hydrogen-bond donors (Lipinski definition) is 3. The lowest BCUT2D eigenvalue weighted by molar-refractivity contribution is -0.167. The Balaban J connectivity index is 0.00000188. The Kier molecular flexibility index (Phi) is 9.93. The van der Waals surface area contributed by atoms with Crippen molar-refractivity contribution in [3.8, 4) is 11.4 Å². The van der Waals surface area contributed by atoms with Crippen LogP contribution in [0.2, 0.25) is 0 Å². The van der Waals surface area contributed by atoms with Crippen LogP contribution < -0.4 is 11.5 Å². The fourth-order valence-corrected chi connectivity index (χ4v) is 7.23. The highest BCUT2D eigenvalue weighted by molar-refractivity contribution is 7.58. The van der Waals surface area contributed by atoms with Crippen LogP contribution in [0.4, 0.5) is 4.39 Å². The maximum absolute atomic E-state index is 14.8. The number of carbonyl (C=O) groups is 1. The minimum atomic E-state index is -4.70. The van der Waals surface area contributed by atoms with Gasteiger partial charge in [-0.2, -0.15) is 0 Å². The highest BCUT2D eigenvalue weighted by Crippen LogP contribution is 2.55. The number of esters is 1. The quantitative estimate of drug-likeness (QED) is 0.0737. The zero-order valence-corrected chi connectivity index (χ0v) is 26.0. The number of carbonyl (C=O) groups excluding carboxylic acids is 1. The molecule has 3 aromatic rings. The third kappa shape index (κ3) is 6.10. The van der Waals surface area contributed by atoms with Gasteiger partial charge in [-0.1, -0.05) is 13.8 Å². The number of nitrogens with two attached hydrogens (primary N) is 1. The van der Waals surface area contributed by atoms with Crippen molar-refractivity contribution in [2.75, 3.05) is 20.0 Å². The van der Waals surface area contributed by atoms with Gasteiger partial charge in [0.05, 0.1) is 42.2 Å². The van der Waals surface area contributed by atoms with Gasteiger partial charge in [-0.05, 0) is 48.9 Å². The van der Waals surface area contributed by atoms with Gasteiger partial charge in [0.2, 0.25) is 0 Å². The van der Waals surface area contributed by atoms with Gasteiger partial charge in [0.15, 0.2) is 12.9 Å². The number of ether oxygens (including phenoxy) is 2. The molecule has 2 aromatic heterocycles. The van der Waals surface area contributed by atoms with Crippen LogP contribution in [-0.2, 0) is 63.0 Å². The molecular weight excluding hydrogens is 623 g/mol. The lowest BCUT2D eigenvalue weighted by Gasteiger charge is -2.25. The molecule has 0 saturated carbocycles. The first-order valence-electron chi connectivity index (χ1n) is 13.9. The SMILES string of the molecule is CC.Cc1c(F)cc2nc3c(c4c2c1CCC4)Cn1c-3cc2c(c1=O)COC(=O)C2OCOP(O)OP(=O)(O)OCCON. The normalized spacial score (nSPS) is 18.4. The topological polar surface area (TPSA) is 191 Å². The van der Waals surface area contributed by atoms with E-state index in [-0.39, 0.29) is 48.9 Å². The molecule has 14 nitrogen and oxygen atoms in total. The number of aromatic nitrogens is 2. The summed E-state index contributed by atoms with van der Waals surface area (Å²) in [6, 6.07) is 3.04. The van der Waals surface area contributed by atoms with Gasteiger partial charge < -0.3 is 28.7 Å². The van der Waals surface area contributed by atoms with Gasteiger partial charge in [0, 0.05) is 22.6 Å². The molecule has 17 heteroatoms. The molecule has 4 N–H and O–H groups in total. The molecule has 6 rings (SSSR count). The molecule has 3 aliphatic rings. The standard InChI is InChI=1S/C25H26FN3O11P2.C2H6/c1-12-13-3-2-4-14-16-9-29-20(22(16)28-19(21(13)14)8-18(12)26)7-15-17(24(29)30)10-35-25(31)23(15)36-11-38-41(32)40-42(33,34)39-6-5-37-27;1-2/h7-8,23,32H,2-6,9-11,27H2,1H3,(H,33,34);1-2H3. The number of phosphoric ester groups is 1. The molecule has 0 saturated heterocycles. The largest absolute Gasteiger partial charge is 0.479 e. The van der Waals surface area contributed by atoms with E-state index in [1.54, 1.807) is 17.6 Å². The number of halogens is 1. The van der Waals surface area contributed by atoms with Crippen LogP contribution in [0, 0.1) is 12.7 Å². The summed E-state index contributed by atoms with van der Waals surface area (Å²) in [6.07, 6.45) is 0.956. The summed E-state index contributed by atoms with van der Waals surface area (Å²) in [5.74, 6) is 3.66. The number of nitrogens with zero attached hydrogens (tertiary/aromatic N) is 2. The molecule has 3 atom stereocenters. The molecule has 0 fully saturated rings. The van der Waals surface area contributed by atoms with Crippen LogP contribution in [0.3, 0.4) is 0 Å². The predicted molar refractivity (Wildman–Crippen MR) is 154 cm³/mol. The molecule has 238 valence electrons. The van der Waals surface area contributed by atoms with E-state index >= 15 is 0 Å². The van der Waals surface area contributed by atoms with Crippen molar-refractivity contribution in [1.29, 1.82) is 0 Å². The Morgan fingerprint density at radius 3 is 2.68 bits per heavy atom. The first kappa shape index (κ1) is 32.7. The minimum absolute atomic E-state index is 0.204. The van der Waals surface area contributed by atoms with Gasteiger partial charge in [0.25, 0.3) is 5.56 Å². The summed E-state index contributed by atoms with van der Waals surface area (Å²) in [6.45, 7) is 4.41. The number of pyridine rings is 2. The van der Waals surface area contributed by atoms with Crippen molar-refractivity contribution in [1.82, 2.24) is 9.55 Å². The Hall–Kier alpha value is -2.68. The van der Waals surface area contributed by atoms with E-state index in [2.05, 4.69) is 13.7 Å². The summed E-state index contributed by atoms with van der Waals surface area (Å²) < 4.78 is 52.8. The molecule has 0 bridgehead atoms. The van der Waals surface area contributed by atoms with Gasteiger partial charge in [0.1, 0.15) is 12.4 Å². The van der Waals surface area contributed by atoms with Crippen molar-refractivity contribution in [3.05, 3.63) is 61.7 Å². The second-order valence-electron chi connectivity index (χ2n) is 9.88. The average molecular weight is 656 g/mol. The number of cyclic esters (lactones) is 1. The van der Waals surface area contributed by atoms with E-state index in [0.29, 0.717) is 22.5 Å². The second-order valence-corrected chi connectivity index (χ2v) is 12.5. The van der Waals surface area contributed by atoms with Gasteiger partial charge in [-0.25, -0.2) is 28.9 Å². The van der Waals surface area contributed by atoms with E-state index in [4.69, 9.17) is 24.9 Å². The monoisotopic (exact) mass is 655 g/mol. The Labute approximate surface area is 252 Å². The number of fused-ring (bicyclic) bond motifs is 5. The van der Waals surface area contributed by atoms with E-state index in [9.17, 15) is 28.3 Å². The van der Waals surface area contributed by atoms with Crippen LogP contribution in [-0.4, -0.2) is 45.3 Å². The summed E-state index contributed by atoms with van der Waals surface area (Å²) >= 11 is 0. The van der Waals surface area contributed by atoms with E-state index in [0.717, 1.165) is 41.3 Å². The zero-order chi connectivity index (χ0) is 31.8. The maximum Gasteiger partial charge on any atom is 0.479 e. The molecule has 0 amide bonds. The highest BCUT2D eigenvalue weighted by Gasteiger charge is 2.37. The molecule has 3 unspecified atom stereocenters. The predicted octanol–water partition coefficient (Wildman–Crippen LogP) is 3.72. The van der Waals surface area contributed by atoms with E-state index in [1.807, 2.05) is 13.8 Å². The third-order valence-corrected chi connectivity index (χ3v) is 9.76. The van der Waals surface area contributed by atoms with Crippen molar-refractivity contribution >= 4 is 33.3 Å². The van der Waals surface area contributed by atoms with Crippen molar-refractivity contribution in [2.45, 2.75) is 59.3 Å². The zero-order valence-electron chi connectivity index (χ0n) is 24.2. The maximum atomic E-state index is 14.8. The fraction of sp³-hybridized carbons (Fsp3) is 0.444.